The van der Waals surface area contributed by atoms with E-state index >= 15 is 0 Å². The Morgan fingerprint density at radius 3 is 1.44 bits per heavy atom. The van der Waals surface area contributed by atoms with Gasteiger partial charge in [0, 0.05) is 0 Å². The van der Waals surface area contributed by atoms with E-state index in [1.165, 1.54) is 11.1 Å². The number of rotatable bonds is 3. The third-order valence-corrected chi connectivity index (χ3v) is 3.20. The largest absolute Gasteiger partial charge is 0.307 e. The van der Waals surface area contributed by atoms with Crippen LogP contribution in [0.4, 0.5) is 0 Å². The van der Waals surface area contributed by atoms with Crippen molar-refractivity contribution in [1.29, 1.82) is 0 Å². The fourth-order valence-corrected chi connectivity index (χ4v) is 2.00. The van der Waals surface area contributed by atoms with Gasteiger partial charge in [0.05, 0.1) is 5.54 Å². The first-order valence-electron chi connectivity index (χ1n) is 5.57. The summed E-state index contributed by atoms with van der Waals surface area (Å²) in [6.07, 6.45) is 0. The lowest BCUT2D eigenvalue weighted by atomic mass is 9.85. The lowest BCUT2D eigenvalue weighted by molar-refractivity contribution is 0.485. The van der Waals surface area contributed by atoms with Crippen LogP contribution in [0.25, 0.3) is 0 Å². The molecule has 1 N–H and O–H groups in total. The van der Waals surface area contributed by atoms with Gasteiger partial charge < -0.3 is 5.32 Å². The van der Waals surface area contributed by atoms with Gasteiger partial charge in [-0.05, 0) is 25.1 Å². The Morgan fingerprint density at radius 2 is 1.12 bits per heavy atom. The minimum Gasteiger partial charge on any atom is -0.307 e. The maximum absolute atomic E-state index is 3.41. The maximum Gasteiger partial charge on any atom is 0.0659 e. The normalized spacial score (nSPS) is 11.4. The van der Waals surface area contributed by atoms with E-state index in [1.807, 2.05) is 19.2 Å². The fraction of sp³-hybridized carbons (Fsp3) is 0.200. The van der Waals surface area contributed by atoms with E-state index in [2.05, 4.69) is 60.8 Å². The van der Waals surface area contributed by atoms with Gasteiger partial charge in [0.2, 0.25) is 0 Å². The Bertz CT molecular complexity index is 394. The van der Waals surface area contributed by atoms with Crippen LogP contribution in [0, 0.1) is 0 Å². The molecule has 0 aliphatic rings. The molecule has 0 fully saturated rings. The van der Waals surface area contributed by atoms with Crippen LogP contribution in [0.5, 0.6) is 0 Å². The summed E-state index contributed by atoms with van der Waals surface area (Å²) in [5.74, 6) is 0. The van der Waals surface area contributed by atoms with Crippen LogP contribution in [-0.4, -0.2) is 7.05 Å². The second kappa shape index (κ2) is 4.50. The molecule has 82 valence electrons. The summed E-state index contributed by atoms with van der Waals surface area (Å²) in [7, 11) is 2.00. The zero-order valence-electron chi connectivity index (χ0n) is 9.77. The van der Waals surface area contributed by atoms with Gasteiger partial charge in [0.15, 0.2) is 0 Å². The van der Waals surface area contributed by atoms with Gasteiger partial charge in [0.25, 0.3) is 0 Å². The van der Waals surface area contributed by atoms with Crippen molar-refractivity contribution in [2.24, 2.45) is 0 Å². The van der Waals surface area contributed by atoms with E-state index in [4.69, 9.17) is 0 Å². The summed E-state index contributed by atoms with van der Waals surface area (Å²) >= 11 is 0. The molecular weight excluding hydrogens is 194 g/mol. The SMILES string of the molecule is CNC(C)(c1ccccc1)c1ccccc1. The van der Waals surface area contributed by atoms with Gasteiger partial charge in [-0.25, -0.2) is 0 Å². The fourth-order valence-electron chi connectivity index (χ4n) is 2.00. The number of benzene rings is 2. The topological polar surface area (TPSA) is 12.0 Å². The lowest BCUT2D eigenvalue weighted by Gasteiger charge is -2.30. The summed E-state index contributed by atoms with van der Waals surface area (Å²) in [4.78, 5) is 0. The summed E-state index contributed by atoms with van der Waals surface area (Å²) < 4.78 is 0. The number of hydrogen-bond donors (Lipinski definition) is 1. The van der Waals surface area contributed by atoms with Crippen LogP contribution < -0.4 is 5.32 Å². The van der Waals surface area contributed by atoms with Crippen molar-refractivity contribution in [3.05, 3.63) is 71.8 Å². The quantitative estimate of drug-likeness (QED) is 0.822. The molecule has 0 spiro atoms. The Labute approximate surface area is 97.1 Å². The smallest absolute Gasteiger partial charge is 0.0659 e. The molecule has 0 atom stereocenters. The zero-order chi connectivity index (χ0) is 11.4. The minimum atomic E-state index is -0.123. The van der Waals surface area contributed by atoms with Gasteiger partial charge in [0.1, 0.15) is 0 Å². The maximum atomic E-state index is 3.41. The van der Waals surface area contributed by atoms with Crippen LogP contribution in [0.1, 0.15) is 18.1 Å². The molecule has 0 aromatic heterocycles. The van der Waals surface area contributed by atoms with E-state index < -0.39 is 0 Å². The van der Waals surface area contributed by atoms with Crippen molar-refractivity contribution in [3.8, 4) is 0 Å². The third kappa shape index (κ3) is 1.86. The van der Waals surface area contributed by atoms with Crippen molar-refractivity contribution in [3.63, 3.8) is 0 Å². The molecule has 16 heavy (non-hydrogen) atoms. The first-order chi connectivity index (χ1) is 7.77. The highest BCUT2D eigenvalue weighted by molar-refractivity contribution is 5.37. The van der Waals surface area contributed by atoms with Crippen molar-refractivity contribution in [2.45, 2.75) is 12.5 Å². The van der Waals surface area contributed by atoms with E-state index in [1.54, 1.807) is 0 Å². The first-order valence-corrected chi connectivity index (χ1v) is 5.57. The highest BCUT2D eigenvalue weighted by Crippen LogP contribution is 2.28. The average molecular weight is 211 g/mol. The van der Waals surface area contributed by atoms with Crippen molar-refractivity contribution < 1.29 is 0 Å². The summed E-state index contributed by atoms with van der Waals surface area (Å²) in [6, 6.07) is 21.0. The van der Waals surface area contributed by atoms with E-state index in [-0.39, 0.29) is 5.54 Å². The van der Waals surface area contributed by atoms with E-state index in [0.29, 0.717) is 0 Å². The molecule has 2 aromatic carbocycles. The predicted octanol–water partition coefficient (Wildman–Crippen LogP) is 3.17. The molecule has 0 bridgehead atoms. The first kappa shape index (κ1) is 10.9. The number of hydrogen-bond acceptors (Lipinski definition) is 1. The second-order valence-corrected chi connectivity index (χ2v) is 4.11. The van der Waals surface area contributed by atoms with Gasteiger partial charge in [-0.2, -0.15) is 0 Å². The van der Waals surface area contributed by atoms with Crippen LogP contribution in [0.2, 0.25) is 0 Å². The van der Waals surface area contributed by atoms with Crippen LogP contribution >= 0.6 is 0 Å². The molecule has 0 radical (unpaired) electrons. The Morgan fingerprint density at radius 1 is 0.750 bits per heavy atom. The van der Waals surface area contributed by atoms with Crippen LogP contribution in [0.3, 0.4) is 0 Å². The highest BCUT2D eigenvalue weighted by Gasteiger charge is 2.25. The molecule has 2 rings (SSSR count). The average Bonchev–Trinajstić information content (AvgIpc) is 2.40. The molecule has 2 aromatic rings. The van der Waals surface area contributed by atoms with Gasteiger partial charge >= 0.3 is 0 Å². The van der Waals surface area contributed by atoms with Gasteiger partial charge in [-0.1, -0.05) is 60.7 Å². The Hall–Kier alpha value is -1.60. The van der Waals surface area contributed by atoms with Crippen molar-refractivity contribution in [1.82, 2.24) is 5.32 Å². The zero-order valence-corrected chi connectivity index (χ0v) is 9.77. The highest BCUT2D eigenvalue weighted by atomic mass is 14.9. The summed E-state index contributed by atoms with van der Waals surface area (Å²) in [6.45, 7) is 2.21. The minimum absolute atomic E-state index is 0.123. The molecule has 0 heterocycles. The predicted molar refractivity (Wildman–Crippen MR) is 68.4 cm³/mol. The number of nitrogens with one attached hydrogen (secondary N) is 1. The van der Waals surface area contributed by atoms with Gasteiger partial charge in [-0.15, -0.1) is 0 Å². The molecular formula is C15H17N. The lowest BCUT2D eigenvalue weighted by Crippen LogP contribution is -2.37. The van der Waals surface area contributed by atoms with E-state index in [0.717, 1.165) is 0 Å². The molecule has 1 nitrogen and oxygen atoms in total. The molecule has 1 heteroatoms. The molecule has 0 unspecified atom stereocenters. The molecule has 0 aliphatic heterocycles. The standard InChI is InChI=1S/C15H17N/c1-15(16-2,13-9-5-3-6-10-13)14-11-7-4-8-12-14/h3-12,16H,1-2H3. The monoisotopic (exact) mass is 211 g/mol. The summed E-state index contributed by atoms with van der Waals surface area (Å²) in [5.41, 5.74) is 2.44. The molecule has 0 amide bonds. The van der Waals surface area contributed by atoms with Gasteiger partial charge in [-0.3, -0.25) is 0 Å². The van der Waals surface area contributed by atoms with Crippen LogP contribution in [-0.2, 0) is 5.54 Å². The van der Waals surface area contributed by atoms with Crippen molar-refractivity contribution in [2.75, 3.05) is 7.05 Å². The molecule has 0 aliphatic carbocycles. The molecule has 0 saturated heterocycles. The Kier molecular flexibility index (Phi) is 3.07. The second-order valence-electron chi connectivity index (χ2n) is 4.11. The molecule has 0 saturated carbocycles. The van der Waals surface area contributed by atoms with Crippen molar-refractivity contribution >= 4 is 0 Å². The van der Waals surface area contributed by atoms with E-state index in [9.17, 15) is 0 Å². The summed E-state index contributed by atoms with van der Waals surface area (Å²) in [5, 5.41) is 3.41. The van der Waals surface area contributed by atoms with Crippen LogP contribution in [0.15, 0.2) is 60.7 Å². The third-order valence-electron chi connectivity index (χ3n) is 3.20. The Balaban J connectivity index is 2.49.